The van der Waals surface area contributed by atoms with Gasteiger partial charge < -0.3 is 19.1 Å². The fourth-order valence-corrected chi connectivity index (χ4v) is 5.64. The third-order valence-electron chi connectivity index (χ3n) is 5.76. The molecule has 0 aliphatic carbocycles. The normalized spacial score (nSPS) is 16.7. The third-order valence-corrected chi connectivity index (χ3v) is 7.00. The lowest BCUT2D eigenvalue weighted by molar-refractivity contribution is -0.118. The summed E-state index contributed by atoms with van der Waals surface area (Å²) >= 11 is 1.45. The number of hydrogen-bond donors (Lipinski definition) is 0. The van der Waals surface area contributed by atoms with Crippen LogP contribution in [0.25, 0.3) is 11.0 Å². The van der Waals surface area contributed by atoms with Gasteiger partial charge in [-0.15, -0.1) is 11.3 Å². The van der Waals surface area contributed by atoms with Gasteiger partial charge in [-0.05, 0) is 31.0 Å². The Morgan fingerprint density at radius 3 is 2.77 bits per heavy atom. The molecule has 5 rings (SSSR count). The van der Waals surface area contributed by atoms with Crippen molar-refractivity contribution in [1.29, 1.82) is 0 Å². The minimum Gasteiger partial charge on any atom is -0.451 e. The van der Waals surface area contributed by atoms with Gasteiger partial charge in [0.15, 0.2) is 5.76 Å². The van der Waals surface area contributed by atoms with Crippen LogP contribution in [0.3, 0.4) is 0 Å². The number of hydrogen-bond acceptors (Lipinski definition) is 5. The van der Waals surface area contributed by atoms with E-state index >= 15 is 0 Å². The van der Waals surface area contributed by atoms with Gasteiger partial charge in [0.2, 0.25) is 5.91 Å². The van der Waals surface area contributed by atoms with E-state index < -0.39 is 0 Å². The molecule has 2 aliphatic heterocycles. The summed E-state index contributed by atoms with van der Waals surface area (Å²) in [6, 6.07) is 9.31. The summed E-state index contributed by atoms with van der Waals surface area (Å²) in [5, 5.41) is 1.60. The smallest absolute Gasteiger partial charge is 0.289 e. The van der Waals surface area contributed by atoms with E-state index in [0.717, 1.165) is 15.8 Å². The van der Waals surface area contributed by atoms with Gasteiger partial charge in [0.1, 0.15) is 17.1 Å². The first kappa shape index (κ1) is 18.9. The number of furan rings is 1. The minimum atomic E-state index is -0.160. The van der Waals surface area contributed by atoms with Crippen LogP contribution in [0.15, 0.2) is 34.7 Å². The second kappa shape index (κ2) is 6.98. The third kappa shape index (κ3) is 2.82. The molecule has 0 atom stereocenters. The predicted octanol–water partition coefficient (Wildman–Crippen LogP) is 3.13. The summed E-state index contributed by atoms with van der Waals surface area (Å²) in [5.41, 5.74) is 2.28. The zero-order chi connectivity index (χ0) is 21.0. The average Bonchev–Trinajstić information content (AvgIpc) is 3.32. The van der Waals surface area contributed by atoms with E-state index in [4.69, 9.17) is 4.42 Å². The number of anilines is 1. The van der Waals surface area contributed by atoms with E-state index in [1.54, 1.807) is 22.9 Å². The Bertz CT molecular complexity index is 1160. The molecule has 8 heteroatoms. The Kier molecular flexibility index (Phi) is 4.39. The van der Waals surface area contributed by atoms with E-state index in [9.17, 15) is 14.4 Å². The van der Waals surface area contributed by atoms with Crippen LogP contribution in [0.5, 0.6) is 0 Å². The number of carbonyl (C=O) groups is 3. The molecule has 4 heterocycles. The molecular formula is C22H21N3O4S. The maximum absolute atomic E-state index is 13.1. The number of nitrogens with zero attached hydrogens (tertiary/aromatic N) is 3. The van der Waals surface area contributed by atoms with Gasteiger partial charge in [-0.1, -0.05) is 18.2 Å². The van der Waals surface area contributed by atoms with Crippen molar-refractivity contribution in [2.75, 3.05) is 31.6 Å². The molecule has 0 radical (unpaired) electrons. The Labute approximate surface area is 177 Å². The summed E-state index contributed by atoms with van der Waals surface area (Å²) < 4.78 is 5.75. The number of thiophene rings is 1. The van der Waals surface area contributed by atoms with E-state index in [-0.39, 0.29) is 24.3 Å². The van der Waals surface area contributed by atoms with Gasteiger partial charge in [-0.25, -0.2) is 0 Å². The van der Waals surface area contributed by atoms with Crippen molar-refractivity contribution in [3.8, 4) is 0 Å². The number of carbonyl (C=O) groups excluding carboxylic acids is 3. The van der Waals surface area contributed by atoms with Gasteiger partial charge in [0.05, 0.1) is 12.1 Å². The number of likely N-dealkylation sites (N-methyl/N-ethyl adjacent to an activating group) is 2. The molecule has 7 nitrogen and oxygen atoms in total. The van der Waals surface area contributed by atoms with Crippen molar-refractivity contribution in [2.45, 2.75) is 19.9 Å². The standard InChI is InChI=1S/C22H21N3O4S/c1-3-25-18(26)12-23(2)21(28)19-14-8-9-24(11-17(14)30-22(19)25)20(27)16-10-13-6-4-5-7-15(13)29-16/h4-7,10H,3,8-9,11-12H2,1-2H3. The molecular weight excluding hydrogens is 402 g/mol. The van der Waals surface area contributed by atoms with Gasteiger partial charge in [-0.2, -0.15) is 0 Å². The van der Waals surface area contributed by atoms with Gasteiger partial charge in [0, 0.05) is 30.4 Å². The molecule has 154 valence electrons. The van der Waals surface area contributed by atoms with E-state index in [1.165, 1.54) is 16.2 Å². The second-order valence-corrected chi connectivity index (χ2v) is 8.69. The quantitative estimate of drug-likeness (QED) is 0.635. The molecule has 0 saturated heterocycles. The van der Waals surface area contributed by atoms with Crippen molar-refractivity contribution in [3.63, 3.8) is 0 Å². The molecule has 0 bridgehead atoms. The molecule has 2 aromatic heterocycles. The summed E-state index contributed by atoms with van der Waals surface area (Å²) in [4.78, 5) is 44.5. The molecule has 0 spiro atoms. The van der Waals surface area contributed by atoms with E-state index in [2.05, 4.69) is 0 Å². The Balaban J connectivity index is 1.49. The number of rotatable bonds is 2. The lowest BCUT2D eigenvalue weighted by atomic mass is 10.0. The zero-order valence-corrected chi connectivity index (χ0v) is 17.6. The van der Waals surface area contributed by atoms with Crippen LogP contribution in [0.2, 0.25) is 0 Å². The Hall–Kier alpha value is -3.13. The molecule has 30 heavy (non-hydrogen) atoms. The van der Waals surface area contributed by atoms with Crippen molar-refractivity contribution >= 4 is 45.0 Å². The zero-order valence-electron chi connectivity index (χ0n) is 16.8. The number of amides is 3. The first-order chi connectivity index (χ1) is 14.5. The first-order valence-corrected chi connectivity index (χ1v) is 10.8. The molecule has 3 aromatic rings. The van der Waals surface area contributed by atoms with Crippen LogP contribution in [-0.4, -0.2) is 54.2 Å². The van der Waals surface area contributed by atoms with Crippen LogP contribution in [0.4, 0.5) is 5.00 Å². The summed E-state index contributed by atoms with van der Waals surface area (Å²) in [6.07, 6.45) is 0.582. The van der Waals surface area contributed by atoms with Crippen molar-refractivity contribution in [3.05, 3.63) is 52.1 Å². The summed E-state index contributed by atoms with van der Waals surface area (Å²) in [6.45, 7) is 3.41. The fraction of sp³-hybridized carbons (Fsp3) is 0.318. The lowest BCUT2D eigenvalue weighted by Gasteiger charge is -2.26. The van der Waals surface area contributed by atoms with Gasteiger partial charge in [0.25, 0.3) is 11.8 Å². The molecule has 2 aliphatic rings. The highest BCUT2D eigenvalue weighted by Gasteiger charge is 2.37. The molecule has 0 unspecified atom stereocenters. The number of benzene rings is 1. The fourth-order valence-electron chi connectivity index (χ4n) is 4.20. The first-order valence-electron chi connectivity index (χ1n) is 9.96. The van der Waals surface area contributed by atoms with Crippen molar-refractivity contribution in [1.82, 2.24) is 9.80 Å². The largest absolute Gasteiger partial charge is 0.451 e. The highest BCUT2D eigenvalue weighted by molar-refractivity contribution is 7.17. The molecule has 0 saturated carbocycles. The second-order valence-electron chi connectivity index (χ2n) is 7.61. The SMILES string of the molecule is CCN1C(=O)CN(C)C(=O)c2c1sc1c2CCN(C(=O)c2cc3ccccc3o2)C1. The molecule has 0 N–H and O–H groups in total. The maximum Gasteiger partial charge on any atom is 0.289 e. The van der Waals surface area contributed by atoms with E-state index in [0.29, 0.717) is 48.0 Å². The monoisotopic (exact) mass is 423 g/mol. The van der Waals surface area contributed by atoms with Crippen molar-refractivity contribution in [2.24, 2.45) is 0 Å². The summed E-state index contributed by atoms with van der Waals surface area (Å²) in [7, 11) is 1.66. The highest BCUT2D eigenvalue weighted by Crippen LogP contribution is 2.41. The topological polar surface area (TPSA) is 74.1 Å². The van der Waals surface area contributed by atoms with Crippen LogP contribution in [-0.2, 0) is 17.8 Å². The molecule has 1 aromatic carbocycles. The average molecular weight is 423 g/mol. The van der Waals surface area contributed by atoms with Crippen LogP contribution in [0, 0.1) is 0 Å². The Morgan fingerprint density at radius 1 is 1.20 bits per heavy atom. The van der Waals surface area contributed by atoms with Gasteiger partial charge in [-0.3, -0.25) is 14.4 Å². The van der Waals surface area contributed by atoms with Crippen LogP contribution in [0.1, 0.15) is 38.3 Å². The van der Waals surface area contributed by atoms with E-state index in [1.807, 2.05) is 31.2 Å². The minimum absolute atomic E-state index is 0.0825. The lowest BCUT2D eigenvalue weighted by Crippen LogP contribution is -2.38. The Morgan fingerprint density at radius 2 is 2.00 bits per heavy atom. The number of fused-ring (bicyclic) bond motifs is 4. The van der Waals surface area contributed by atoms with Crippen molar-refractivity contribution < 1.29 is 18.8 Å². The van der Waals surface area contributed by atoms with Crippen LogP contribution < -0.4 is 4.90 Å². The summed E-state index contributed by atoms with van der Waals surface area (Å²) in [5.74, 6) is -0.0454. The van der Waals surface area contributed by atoms with Gasteiger partial charge >= 0.3 is 0 Å². The predicted molar refractivity (Wildman–Crippen MR) is 114 cm³/mol. The van der Waals surface area contributed by atoms with Crippen LogP contribution >= 0.6 is 11.3 Å². The molecule has 3 amide bonds. The highest BCUT2D eigenvalue weighted by atomic mass is 32.1. The number of para-hydroxylation sites is 1. The molecule has 0 fully saturated rings. The maximum atomic E-state index is 13.1.